The first kappa shape index (κ1) is 17.4. The van der Waals surface area contributed by atoms with Crippen LogP contribution >= 0.6 is 0 Å². The molecule has 0 bridgehead atoms. The number of rotatable bonds is 5. The molecule has 2 atom stereocenters. The Morgan fingerprint density at radius 3 is 2.73 bits per heavy atom. The predicted molar refractivity (Wildman–Crippen MR) is 90.0 cm³/mol. The van der Waals surface area contributed by atoms with Crippen LogP contribution in [0.2, 0.25) is 18.1 Å². The Kier molecular flexibility index (Phi) is 4.99. The van der Waals surface area contributed by atoms with Crippen molar-refractivity contribution in [3.05, 3.63) is 29.6 Å². The van der Waals surface area contributed by atoms with Crippen molar-refractivity contribution in [3.8, 4) is 5.75 Å². The predicted octanol–water partition coefficient (Wildman–Crippen LogP) is 3.46. The zero-order valence-corrected chi connectivity index (χ0v) is 15.0. The lowest BCUT2D eigenvalue weighted by molar-refractivity contribution is 0.101. The SMILES string of the molecule is CC(C)(C[C@H](CN)[C@H]1CCc2cc(F)ccc2O1)[Si](C)(C)O. The molecule has 0 unspecified atom stereocenters. The molecule has 1 aromatic rings. The van der Waals surface area contributed by atoms with Gasteiger partial charge >= 0.3 is 0 Å². The van der Waals surface area contributed by atoms with Crippen molar-refractivity contribution < 1.29 is 13.9 Å². The molecule has 1 aliphatic heterocycles. The standard InChI is InChI=1S/C17H28FNO2Si/c1-17(2,22(3,4)20)10-13(11-19)16-7-5-12-9-14(18)6-8-15(12)21-16/h6,8-9,13,16,20H,5,7,10-11,19H2,1-4H3/t13-,16-/m1/s1. The van der Waals surface area contributed by atoms with Gasteiger partial charge in [-0.25, -0.2) is 4.39 Å². The van der Waals surface area contributed by atoms with Gasteiger partial charge < -0.3 is 15.3 Å². The summed E-state index contributed by atoms with van der Waals surface area (Å²) in [7, 11) is -2.27. The normalized spacial score (nSPS) is 20.2. The first-order chi connectivity index (χ1) is 10.1. The minimum atomic E-state index is -2.27. The lowest BCUT2D eigenvalue weighted by Gasteiger charge is -2.40. The second-order valence-electron chi connectivity index (χ2n) is 7.59. The summed E-state index contributed by atoms with van der Waals surface area (Å²) >= 11 is 0. The van der Waals surface area contributed by atoms with E-state index in [9.17, 15) is 9.19 Å². The Balaban J connectivity index is 2.12. The molecule has 0 aliphatic carbocycles. The molecular weight excluding hydrogens is 297 g/mol. The van der Waals surface area contributed by atoms with Crippen LogP contribution in [0.15, 0.2) is 18.2 Å². The number of aryl methyl sites for hydroxylation is 1. The van der Waals surface area contributed by atoms with Gasteiger partial charge in [-0.3, -0.25) is 0 Å². The van der Waals surface area contributed by atoms with Gasteiger partial charge in [0.1, 0.15) is 17.7 Å². The molecule has 1 aliphatic rings. The molecule has 3 N–H and O–H groups in total. The molecule has 2 rings (SSSR count). The highest BCUT2D eigenvalue weighted by atomic mass is 28.4. The van der Waals surface area contributed by atoms with E-state index in [-0.39, 0.29) is 22.9 Å². The highest BCUT2D eigenvalue weighted by molar-refractivity contribution is 6.72. The maximum atomic E-state index is 13.3. The van der Waals surface area contributed by atoms with Crippen LogP contribution in [0.1, 0.15) is 32.3 Å². The third-order valence-electron chi connectivity index (χ3n) is 5.26. The molecule has 124 valence electrons. The lowest BCUT2D eigenvalue weighted by Crippen LogP contribution is -2.44. The Morgan fingerprint density at radius 1 is 1.45 bits per heavy atom. The minimum Gasteiger partial charge on any atom is -0.490 e. The van der Waals surface area contributed by atoms with Gasteiger partial charge in [0.25, 0.3) is 0 Å². The van der Waals surface area contributed by atoms with E-state index >= 15 is 0 Å². The molecule has 0 saturated heterocycles. The smallest absolute Gasteiger partial charge is 0.188 e. The largest absolute Gasteiger partial charge is 0.490 e. The summed E-state index contributed by atoms with van der Waals surface area (Å²) in [6.45, 7) is 8.72. The Bertz CT molecular complexity index is 528. The van der Waals surface area contributed by atoms with Crippen molar-refractivity contribution in [3.63, 3.8) is 0 Å². The molecular formula is C17H28FNO2Si. The van der Waals surface area contributed by atoms with Gasteiger partial charge in [-0.2, -0.15) is 0 Å². The highest BCUT2D eigenvalue weighted by Crippen LogP contribution is 2.43. The molecule has 0 spiro atoms. The van der Waals surface area contributed by atoms with Gasteiger partial charge in [-0.05, 0) is 67.7 Å². The third kappa shape index (κ3) is 3.70. The molecule has 0 fully saturated rings. The molecule has 0 radical (unpaired) electrons. The van der Waals surface area contributed by atoms with E-state index < -0.39 is 8.32 Å². The lowest BCUT2D eigenvalue weighted by atomic mass is 9.87. The van der Waals surface area contributed by atoms with Gasteiger partial charge in [0.15, 0.2) is 8.32 Å². The van der Waals surface area contributed by atoms with E-state index in [4.69, 9.17) is 10.5 Å². The molecule has 0 amide bonds. The van der Waals surface area contributed by atoms with Gasteiger partial charge in [-0.15, -0.1) is 0 Å². The topological polar surface area (TPSA) is 55.5 Å². The van der Waals surface area contributed by atoms with Gasteiger partial charge in [0, 0.05) is 5.92 Å². The Hall–Kier alpha value is -0.913. The molecule has 0 aromatic heterocycles. The van der Waals surface area contributed by atoms with Crippen LogP contribution in [0.4, 0.5) is 4.39 Å². The van der Waals surface area contributed by atoms with Crippen LogP contribution in [0.5, 0.6) is 5.75 Å². The molecule has 3 nitrogen and oxygen atoms in total. The van der Waals surface area contributed by atoms with Crippen LogP contribution < -0.4 is 10.5 Å². The van der Waals surface area contributed by atoms with Gasteiger partial charge in [0.05, 0.1) is 0 Å². The number of hydrogen-bond acceptors (Lipinski definition) is 3. The quantitative estimate of drug-likeness (QED) is 0.815. The monoisotopic (exact) mass is 325 g/mol. The van der Waals surface area contributed by atoms with Crippen LogP contribution in [0.3, 0.4) is 0 Å². The zero-order chi connectivity index (χ0) is 16.5. The van der Waals surface area contributed by atoms with Crippen molar-refractivity contribution in [2.45, 2.75) is 57.3 Å². The van der Waals surface area contributed by atoms with E-state index in [1.54, 1.807) is 12.1 Å². The van der Waals surface area contributed by atoms with Crippen molar-refractivity contribution in [1.82, 2.24) is 0 Å². The summed E-state index contributed by atoms with van der Waals surface area (Å²) in [5.41, 5.74) is 6.93. The summed E-state index contributed by atoms with van der Waals surface area (Å²) in [4.78, 5) is 10.5. The number of hydrogen-bond donors (Lipinski definition) is 2. The fraction of sp³-hybridized carbons (Fsp3) is 0.647. The zero-order valence-electron chi connectivity index (χ0n) is 14.0. The average Bonchev–Trinajstić information content (AvgIpc) is 2.43. The summed E-state index contributed by atoms with van der Waals surface area (Å²) < 4.78 is 19.4. The maximum Gasteiger partial charge on any atom is 0.188 e. The third-order valence-corrected chi connectivity index (χ3v) is 8.77. The van der Waals surface area contributed by atoms with Crippen LogP contribution in [0, 0.1) is 11.7 Å². The minimum absolute atomic E-state index is 0.0404. The van der Waals surface area contributed by atoms with Crippen LogP contribution in [0.25, 0.3) is 0 Å². The molecule has 1 heterocycles. The molecule has 1 aromatic carbocycles. The fourth-order valence-corrected chi connectivity index (χ4v) is 3.74. The average molecular weight is 326 g/mol. The van der Waals surface area contributed by atoms with Gasteiger partial charge in [-0.1, -0.05) is 13.8 Å². The second-order valence-corrected chi connectivity index (χ2v) is 12.1. The summed E-state index contributed by atoms with van der Waals surface area (Å²) in [5, 5.41) is -0.122. The van der Waals surface area contributed by atoms with E-state index in [0.717, 1.165) is 30.6 Å². The Labute approximate surface area is 133 Å². The first-order valence-electron chi connectivity index (χ1n) is 8.01. The number of fused-ring (bicyclic) bond motifs is 1. The number of nitrogens with two attached hydrogens (primary N) is 1. The van der Waals surface area contributed by atoms with E-state index in [2.05, 4.69) is 13.8 Å². The van der Waals surface area contributed by atoms with E-state index in [0.29, 0.717) is 6.54 Å². The van der Waals surface area contributed by atoms with Crippen molar-refractivity contribution in [2.24, 2.45) is 11.7 Å². The number of halogens is 1. The second kappa shape index (κ2) is 6.30. The first-order valence-corrected chi connectivity index (χ1v) is 11.0. The van der Waals surface area contributed by atoms with Crippen molar-refractivity contribution >= 4 is 8.32 Å². The van der Waals surface area contributed by atoms with Crippen molar-refractivity contribution in [1.29, 1.82) is 0 Å². The summed E-state index contributed by atoms with van der Waals surface area (Å²) in [5.74, 6) is 0.756. The van der Waals surface area contributed by atoms with E-state index in [1.165, 1.54) is 6.07 Å². The van der Waals surface area contributed by atoms with Crippen molar-refractivity contribution in [2.75, 3.05) is 6.54 Å². The van der Waals surface area contributed by atoms with E-state index in [1.807, 2.05) is 13.1 Å². The van der Waals surface area contributed by atoms with Crippen LogP contribution in [-0.2, 0) is 6.42 Å². The fourth-order valence-electron chi connectivity index (χ4n) is 2.98. The van der Waals surface area contributed by atoms with Crippen LogP contribution in [-0.4, -0.2) is 25.8 Å². The summed E-state index contributed by atoms with van der Waals surface area (Å²) in [6.07, 6.45) is 2.55. The highest BCUT2D eigenvalue weighted by Gasteiger charge is 2.41. The molecule has 22 heavy (non-hydrogen) atoms. The van der Waals surface area contributed by atoms with Gasteiger partial charge in [0.2, 0.25) is 0 Å². The molecule has 0 saturated carbocycles. The summed E-state index contributed by atoms with van der Waals surface area (Å²) in [6, 6.07) is 4.70. The molecule has 5 heteroatoms. The number of benzene rings is 1. The maximum absolute atomic E-state index is 13.3. The number of ether oxygens (including phenoxy) is 1. The Morgan fingerprint density at radius 2 is 2.14 bits per heavy atom.